The van der Waals surface area contributed by atoms with Crippen LogP contribution >= 0.6 is 0 Å². The van der Waals surface area contributed by atoms with Gasteiger partial charge in [-0.05, 0) is 0 Å². The van der Waals surface area contributed by atoms with Crippen LogP contribution in [0.3, 0.4) is 0 Å². The average Bonchev–Trinajstić information content (AvgIpc) is 2.30. The van der Waals surface area contributed by atoms with Crippen molar-refractivity contribution in [2.24, 2.45) is 0 Å². The first-order chi connectivity index (χ1) is 6.88. The van der Waals surface area contributed by atoms with Crippen molar-refractivity contribution in [2.45, 2.75) is 0 Å². The standard InChI is InChI=1S/C12H10As.Li/c1-3-7-11(8-4-1)13-12-9-5-2-6-10-12;/h1-10H;/q-1;+1. The zero-order valence-corrected chi connectivity index (χ0v) is 10.1. The molecule has 0 radical (unpaired) electrons. The van der Waals surface area contributed by atoms with Gasteiger partial charge in [0.05, 0.1) is 0 Å². The average molecular weight is 236 g/mol. The molecule has 14 heavy (non-hydrogen) atoms. The van der Waals surface area contributed by atoms with Crippen LogP contribution in [-0.2, 0) is 0 Å². The monoisotopic (exact) mass is 236 g/mol. The summed E-state index contributed by atoms with van der Waals surface area (Å²) in [7, 11) is 0. The molecule has 2 aromatic rings. The molecule has 0 atom stereocenters. The van der Waals surface area contributed by atoms with Crippen LogP contribution in [-0.4, -0.2) is 28.0 Å². The molecule has 0 N–H and O–H groups in total. The Balaban J connectivity index is 2.30. The van der Waals surface area contributed by atoms with Gasteiger partial charge >= 0.3 is 97.3 Å². The Kier molecular flexibility index (Phi) is 3.54. The van der Waals surface area contributed by atoms with Crippen molar-refractivity contribution < 1.29 is 0 Å². The third-order valence-electron chi connectivity index (χ3n) is 2.29. The van der Waals surface area contributed by atoms with Gasteiger partial charge in [0, 0.05) is 0 Å². The van der Waals surface area contributed by atoms with Crippen molar-refractivity contribution in [1.82, 2.24) is 0 Å². The van der Waals surface area contributed by atoms with Gasteiger partial charge in [0.2, 0.25) is 0 Å². The Bertz CT molecular complexity index is 346. The molecular weight excluding hydrogens is 226 g/mol. The van der Waals surface area contributed by atoms with E-state index in [0.29, 0.717) is 0 Å². The minimum absolute atomic E-state index is 0.989. The summed E-state index contributed by atoms with van der Waals surface area (Å²) in [6, 6.07) is 21.6. The van der Waals surface area contributed by atoms with Crippen molar-refractivity contribution >= 4 is 36.7 Å². The molecule has 0 aliphatic rings. The predicted octanol–water partition coefficient (Wildman–Crippen LogP) is 0.961. The summed E-state index contributed by atoms with van der Waals surface area (Å²) >= 11 is 1.40. The Hall–Kier alpha value is -0.404. The molecule has 0 aliphatic carbocycles. The molecule has 0 saturated carbocycles. The summed E-state index contributed by atoms with van der Waals surface area (Å²) in [4.78, 5) is 0. The van der Waals surface area contributed by atoms with E-state index in [2.05, 4.69) is 76.2 Å². The Morgan fingerprint density at radius 3 is 1.36 bits per heavy atom. The minimum atomic E-state index is -0.989. The van der Waals surface area contributed by atoms with Crippen molar-refractivity contribution in [3.8, 4) is 0 Å². The van der Waals surface area contributed by atoms with Crippen molar-refractivity contribution in [1.29, 1.82) is 0 Å². The molecule has 0 heterocycles. The third-order valence-corrected chi connectivity index (χ3v) is 6.79. The second kappa shape index (κ2) is 4.90. The molecule has 64 valence electrons. The number of rotatable bonds is 2. The second-order valence-electron chi connectivity index (χ2n) is 3.23. The van der Waals surface area contributed by atoms with E-state index in [1.807, 2.05) is 0 Å². The molecular formula is C12H10AsLi. The Labute approximate surface area is 97.0 Å². The molecule has 0 aliphatic heterocycles. The first kappa shape index (κ1) is 10.1. The molecule has 0 fully saturated rings. The van der Waals surface area contributed by atoms with E-state index in [0.717, 1.165) is 0 Å². The van der Waals surface area contributed by atoms with Crippen molar-refractivity contribution in [3.05, 3.63) is 60.7 Å². The molecule has 0 nitrogen and oxygen atoms in total. The number of benzene rings is 2. The molecule has 2 heteroatoms. The van der Waals surface area contributed by atoms with Crippen LogP contribution in [0.4, 0.5) is 0 Å². The van der Waals surface area contributed by atoms with Crippen LogP contribution in [0.2, 0.25) is 0 Å². The van der Waals surface area contributed by atoms with E-state index >= 15 is 0 Å². The van der Waals surface area contributed by atoms with Crippen LogP contribution < -0.4 is 8.70 Å². The van der Waals surface area contributed by atoms with Gasteiger partial charge in [-0.15, -0.1) is 0 Å². The van der Waals surface area contributed by atoms with Gasteiger partial charge in [-0.2, -0.15) is 0 Å². The fourth-order valence-electron chi connectivity index (χ4n) is 1.45. The molecule has 2 aromatic carbocycles. The summed E-state index contributed by atoms with van der Waals surface area (Å²) in [5.41, 5.74) is 0. The SMILES string of the molecule is [Li][As](c1ccccc1)c1ccccc1. The molecule has 0 amide bonds. The third kappa shape index (κ3) is 2.34. The quantitative estimate of drug-likeness (QED) is 0.681. The summed E-state index contributed by atoms with van der Waals surface area (Å²) in [5, 5.41) is 0. The summed E-state index contributed by atoms with van der Waals surface area (Å²) in [5.74, 6) is 0. The van der Waals surface area contributed by atoms with Crippen molar-refractivity contribution in [2.75, 3.05) is 0 Å². The predicted molar refractivity (Wildman–Crippen MR) is 63.7 cm³/mol. The van der Waals surface area contributed by atoms with Gasteiger partial charge in [0.1, 0.15) is 0 Å². The van der Waals surface area contributed by atoms with E-state index in [1.54, 1.807) is 0 Å². The zero-order valence-electron chi connectivity index (χ0n) is 8.22. The first-order valence-corrected chi connectivity index (χ1v) is 8.47. The Morgan fingerprint density at radius 1 is 0.643 bits per heavy atom. The fourth-order valence-corrected chi connectivity index (χ4v) is 4.68. The van der Waals surface area contributed by atoms with E-state index in [9.17, 15) is 0 Å². The normalized spacial score (nSPS) is 10.5. The van der Waals surface area contributed by atoms with Gasteiger partial charge in [-0.1, -0.05) is 0 Å². The van der Waals surface area contributed by atoms with Crippen LogP contribution in [0.15, 0.2) is 60.7 Å². The van der Waals surface area contributed by atoms with Crippen LogP contribution in [0.5, 0.6) is 0 Å². The first-order valence-electron chi connectivity index (χ1n) is 4.72. The number of hydrogen-bond donors (Lipinski definition) is 0. The van der Waals surface area contributed by atoms with Crippen molar-refractivity contribution in [3.63, 3.8) is 0 Å². The van der Waals surface area contributed by atoms with Gasteiger partial charge in [-0.25, -0.2) is 0 Å². The molecule has 0 aromatic heterocycles. The van der Waals surface area contributed by atoms with E-state index < -0.39 is 12.4 Å². The van der Waals surface area contributed by atoms with Crippen LogP contribution in [0, 0.1) is 0 Å². The summed E-state index contributed by atoms with van der Waals surface area (Å²) < 4.78 is 3.04. The van der Waals surface area contributed by atoms with Crippen LogP contribution in [0.25, 0.3) is 0 Å². The molecule has 2 rings (SSSR count). The molecule has 0 saturated heterocycles. The Morgan fingerprint density at radius 2 is 1.00 bits per heavy atom. The fraction of sp³-hybridized carbons (Fsp3) is 0. The molecule has 0 bridgehead atoms. The molecule has 0 spiro atoms. The second-order valence-corrected chi connectivity index (χ2v) is 7.74. The zero-order chi connectivity index (χ0) is 9.80. The van der Waals surface area contributed by atoms with E-state index in [-0.39, 0.29) is 0 Å². The summed E-state index contributed by atoms with van der Waals surface area (Å²) in [6.07, 6.45) is 0. The van der Waals surface area contributed by atoms with Gasteiger partial charge in [0.15, 0.2) is 0 Å². The van der Waals surface area contributed by atoms with E-state index in [1.165, 1.54) is 8.70 Å². The maximum absolute atomic E-state index is 2.39. The summed E-state index contributed by atoms with van der Waals surface area (Å²) in [6.45, 7) is 0. The maximum atomic E-state index is 2.39. The van der Waals surface area contributed by atoms with Gasteiger partial charge in [-0.3, -0.25) is 0 Å². The van der Waals surface area contributed by atoms with Gasteiger partial charge < -0.3 is 0 Å². The molecule has 0 unspecified atom stereocenters. The van der Waals surface area contributed by atoms with Crippen LogP contribution in [0.1, 0.15) is 0 Å². The van der Waals surface area contributed by atoms with E-state index in [4.69, 9.17) is 0 Å². The topological polar surface area (TPSA) is 0 Å². The van der Waals surface area contributed by atoms with Gasteiger partial charge in [0.25, 0.3) is 0 Å². The number of hydrogen-bond acceptors (Lipinski definition) is 0.